The third kappa shape index (κ3) is 2.60. The van der Waals surface area contributed by atoms with Gasteiger partial charge in [0.1, 0.15) is 0 Å². The lowest BCUT2D eigenvalue weighted by Gasteiger charge is -2.20. The average Bonchev–Trinajstić information content (AvgIpc) is 2.54. The Bertz CT molecular complexity index is 809. The normalized spacial score (nSPS) is 12.4. The van der Waals surface area contributed by atoms with Gasteiger partial charge in [0.2, 0.25) is 0 Å². The Kier molecular flexibility index (Phi) is 3.46. The van der Waals surface area contributed by atoms with Crippen molar-refractivity contribution < 1.29 is 14.3 Å². The minimum absolute atomic E-state index is 0.124. The largest absolute Gasteiger partial charge is 0.481 e. The monoisotopic (exact) mass is 293 g/mol. The van der Waals surface area contributed by atoms with Crippen LogP contribution in [0, 0.1) is 11.3 Å². The van der Waals surface area contributed by atoms with Crippen molar-refractivity contribution in [2.75, 3.05) is 17.2 Å². The molecule has 2 N–H and O–H groups in total. The molecule has 6 nitrogen and oxygen atoms in total. The minimum atomic E-state index is -0.372. The summed E-state index contributed by atoms with van der Waals surface area (Å²) in [6.07, 6.45) is 0. The number of nitrogens with zero attached hydrogens (tertiary/aromatic N) is 1. The summed E-state index contributed by atoms with van der Waals surface area (Å²) in [5, 5.41) is 14.2. The maximum Gasteiger partial charge on any atom is 0.262 e. The number of nitriles is 1. The molecule has 6 heteroatoms. The number of carbonyl (C=O) groups excluding carboxylic acids is 2. The second kappa shape index (κ2) is 5.58. The molecule has 108 valence electrons. The number of anilines is 2. The molecule has 0 aliphatic carbocycles. The standard InChI is InChI=1S/C16H11N3O3/c17-8-10-3-1-4-11(7-10)18-16(21)12-5-2-6-13-15(12)22-9-14(20)19-13/h1-7H,9H2,(H,18,21)(H,19,20). The van der Waals surface area contributed by atoms with Gasteiger partial charge in [-0.25, -0.2) is 0 Å². The van der Waals surface area contributed by atoms with Crippen LogP contribution in [0.2, 0.25) is 0 Å². The van der Waals surface area contributed by atoms with Crippen molar-refractivity contribution >= 4 is 23.2 Å². The third-order valence-electron chi connectivity index (χ3n) is 3.13. The molecule has 2 aromatic carbocycles. The Labute approximate surface area is 126 Å². The molecule has 0 fully saturated rings. The molecule has 1 aliphatic heterocycles. The van der Waals surface area contributed by atoms with E-state index in [1.165, 1.54) is 0 Å². The Morgan fingerprint density at radius 1 is 1.27 bits per heavy atom. The van der Waals surface area contributed by atoms with E-state index in [-0.39, 0.29) is 18.4 Å². The summed E-state index contributed by atoms with van der Waals surface area (Å²) in [6.45, 7) is -0.124. The highest BCUT2D eigenvalue weighted by Crippen LogP contribution is 2.32. The summed E-state index contributed by atoms with van der Waals surface area (Å²) in [5.41, 5.74) is 1.76. The molecule has 0 spiro atoms. The Hall–Kier alpha value is -3.33. The first-order chi connectivity index (χ1) is 10.7. The van der Waals surface area contributed by atoms with Crippen LogP contribution in [-0.4, -0.2) is 18.4 Å². The van der Waals surface area contributed by atoms with Gasteiger partial charge in [0.05, 0.1) is 22.9 Å². The predicted octanol–water partition coefficient (Wildman–Crippen LogP) is 2.14. The second-order valence-electron chi connectivity index (χ2n) is 4.67. The molecule has 0 atom stereocenters. The van der Waals surface area contributed by atoms with Crippen molar-refractivity contribution in [2.45, 2.75) is 0 Å². The van der Waals surface area contributed by atoms with Crippen LogP contribution in [0.5, 0.6) is 5.75 Å². The Morgan fingerprint density at radius 3 is 2.91 bits per heavy atom. The molecule has 0 bridgehead atoms. The number of ether oxygens (including phenoxy) is 1. The molecule has 2 aromatic rings. The number of para-hydroxylation sites is 1. The smallest absolute Gasteiger partial charge is 0.262 e. The lowest BCUT2D eigenvalue weighted by Crippen LogP contribution is -2.27. The summed E-state index contributed by atoms with van der Waals surface area (Å²) in [7, 11) is 0. The number of nitrogens with one attached hydrogen (secondary N) is 2. The van der Waals surface area contributed by atoms with E-state index in [9.17, 15) is 9.59 Å². The molecule has 0 saturated heterocycles. The van der Waals surface area contributed by atoms with Gasteiger partial charge in [0, 0.05) is 5.69 Å². The fraction of sp³-hybridized carbons (Fsp3) is 0.0625. The molecule has 0 radical (unpaired) electrons. The predicted molar refractivity (Wildman–Crippen MR) is 79.7 cm³/mol. The molecule has 22 heavy (non-hydrogen) atoms. The number of amides is 2. The van der Waals surface area contributed by atoms with Crippen LogP contribution in [0.15, 0.2) is 42.5 Å². The van der Waals surface area contributed by atoms with Crippen molar-refractivity contribution in [2.24, 2.45) is 0 Å². The van der Waals surface area contributed by atoms with Gasteiger partial charge in [-0.15, -0.1) is 0 Å². The van der Waals surface area contributed by atoms with E-state index in [0.29, 0.717) is 28.3 Å². The van der Waals surface area contributed by atoms with E-state index in [2.05, 4.69) is 10.6 Å². The van der Waals surface area contributed by atoms with Gasteiger partial charge in [-0.1, -0.05) is 12.1 Å². The molecule has 1 aliphatic rings. The molecule has 1 heterocycles. The van der Waals surface area contributed by atoms with Gasteiger partial charge < -0.3 is 15.4 Å². The summed E-state index contributed by atoms with van der Waals surface area (Å²) in [5.74, 6) is -0.286. The van der Waals surface area contributed by atoms with Gasteiger partial charge in [-0.2, -0.15) is 5.26 Å². The van der Waals surface area contributed by atoms with Crippen LogP contribution >= 0.6 is 0 Å². The van der Waals surface area contributed by atoms with E-state index >= 15 is 0 Å². The van der Waals surface area contributed by atoms with Crippen LogP contribution in [0.3, 0.4) is 0 Å². The molecular weight excluding hydrogens is 282 g/mol. The van der Waals surface area contributed by atoms with Crippen molar-refractivity contribution in [3.05, 3.63) is 53.6 Å². The van der Waals surface area contributed by atoms with Crippen molar-refractivity contribution in [3.63, 3.8) is 0 Å². The number of benzene rings is 2. The van der Waals surface area contributed by atoms with Crippen molar-refractivity contribution in [1.29, 1.82) is 5.26 Å². The SMILES string of the molecule is N#Cc1cccc(NC(=O)c2cccc3c2OCC(=O)N3)c1. The van der Waals surface area contributed by atoms with Crippen LogP contribution in [-0.2, 0) is 4.79 Å². The third-order valence-corrected chi connectivity index (χ3v) is 3.13. The van der Waals surface area contributed by atoms with Crippen LogP contribution in [0.1, 0.15) is 15.9 Å². The maximum absolute atomic E-state index is 12.4. The van der Waals surface area contributed by atoms with E-state index in [0.717, 1.165) is 0 Å². The highest BCUT2D eigenvalue weighted by Gasteiger charge is 2.22. The summed E-state index contributed by atoms with van der Waals surface area (Å²) in [4.78, 5) is 23.7. The number of hydrogen-bond acceptors (Lipinski definition) is 4. The fourth-order valence-electron chi connectivity index (χ4n) is 2.16. The first-order valence-corrected chi connectivity index (χ1v) is 6.54. The maximum atomic E-state index is 12.4. The fourth-order valence-corrected chi connectivity index (χ4v) is 2.16. The zero-order valence-corrected chi connectivity index (χ0v) is 11.4. The van der Waals surface area contributed by atoms with Gasteiger partial charge >= 0.3 is 0 Å². The first-order valence-electron chi connectivity index (χ1n) is 6.54. The molecule has 0 aromatic heterocycles. The molecule has 0 unspecified atom stereocenters. The lowest BCUT2D eigenvalue weighted by atomic mass is 10.1. The van der Waals surface area contributed by atoms with E-state index in [1.807, 2.05) is 6.07 Å². The topological polar surface area (TPSA) is 91.2 Å². The van der Waals surface area contributed by atoms with Gasteiger partial charge in [-0.3, -0.25) is 9.59 Å². The zero-order valence-electron chi connectivity index (χ0n) is 11.4. The number of fused-ring (bicyclic) bond motifs is 1. The van der Waals surface area contributed by atoms with Gasteiger partial charge in [0.15, 0.2) is 12.4 Å². The van der Waals surface area contributed by atoms with Crippen LogP contribution in [0.4, 0.5) is 11.4 Å². The minimum Gasteiger partial charge on any atom is -0.481 e. The van der Waals surface area contributed by atoms with E-state index in [4.69, 9.17) is 10.00 Å². The highest BCUT2D eigenvalue weighted by molar-refractivity contribution is 6.09. The number of rotatable bonds is 2. The Balaban J connectivity index is 1.88. The summed E-state index contributed by atoms with van der Waals surface area (Å²) < 4.78 is 5.35. The first kappa shape index (κ1) is 13.6. The summed E-state index contributed by atoms with van der Waals surface area (Å²) in [6, 6.07) is 13.6. The quantitative estimate of drug-likeness (QED) is 0.887. The van der Waals surface area contributed by atoms with Gasteiger partial charge in [-0.05, 0) is 30.3 Å². The molecule has 2 amide bonds. The van der Waals surface area contributed by atoms with Crippen LogP contribution < -0.4 is 15.4 Å². The Morgan fingerprint density at radius 2 is 2.09 bits per heavy atom. The summed E-state index contributed by atoms with van der Waals surface area (Å²) >= 11 is 0. The zero-order chi connectivity index (χ0) is 15.5. The highest BCUT2D eigenvalue weighted by atomic mass is 16.5. The molecular formula is C16H11N3O3. The number of hydrogen-bond donors (Lipinski definition) is 2. The lowest BCUT2D eigenvalue weighted by molar-refractivity contribution is -0.118. The van der Waals surface area contributed by atoms with Crippen molar-refractivity contribution in [3.8, 4) is 11.8 Å². The second-order valence-corrected chi connectivity index (χ2v) is 4.67. The number of carbonyl (C=O) groups is 2. The molecule has 0 saturated carbocycles. The van der Waals surface area contributed by atoms with Crippen LogP contribution in [0.25, 0.3) is 0 Å². The molecule has 3 rings (SSSR count). The van der Waals surface area contributed by atoms with Crippen molar-refractivity contribution in [1.82, 2.24) is 0 Å². The van der Waals surface area contributed by atoms with Gasteiger partial charge in [0.25, 0.3) is 11.8 Å². The van der Waals surface area contributed by atoms with E-state index < -0.39 is 0 Å². The van der Waals surface area contributed by atoms with E-state index in [1.54, 1.807) is 42.5 Å². The average molecular weight is 293 g/mol.